The van der Waals surface area contributed by atoms with Crippen LogP contribution in [0.15, 0.2) is 24.3 Å². The zero-order valence-corrected chi connectivity index (χ0v) is 18.7. The second-order valence-corrected chi connectivity index (χ2v) is 8.45. The summed E-state index contributed by atoms with van der Waals surface area (Å²) in [5.41, 5.74) is 1.63. The summed E-state index contributed by atoms with van der Waals surface area (Å²) in [4.78, 5) is 0. The monoisotopic (exact) mass is 490 g/mol. The van der Waals surface area contributed by atoms with Crippen LogP contribution in [0, 0.1) is 0 Å². The Hall–Kier alpha value is -1.26. The SMILES string of the molecule is CCc1cccc([C@@H](O)COC2O[C@@H](CO)C(O[C@@H]3O[C@H](CO)[C@H](O)[C@H](O)[C@H]3O)[C@@H](O)[C@@H]2O)c1. The first-order valence-corrected chi connectivity index (χ1v) is 11.2. The van der Waals surface area contributed by atoms with Gasteiger partial charge in [0.05, 0.1) is 19.8 Å². The van der Waals surface area contributed by atoms with Crippen LogP contribution in [0.4, 0.5) is 0 Å². The molecule has 1 aromatic carbocycles. The third-order valence-corrected chi connectivity index (χ3v) is 6.12. The van der Waals surface area contributed by atoms with Gasteiger partial charge in [0.15, 0.2) is 12.6 Å². The fourth-order valence-electron chi connectivity index (χ4n) is 4.00. The van der Waals surface area contributed by atoms with Gasteiger partial charge in [0.2, 0.25) is 0 Å². The van der Waals surface area contributed by atoms with Gasteiger partial charge in [-0.05, 0) is 17.5 Å². The Kier molecular flexibility index (Phi) is 9.74. The van der Waals surface area contributed by atoms with Crippen molar-refractivity contribution >= 4 is 0 Å². The highest BCUT2D eigenvalue weighted by atomic mass is 16.7. The van der Waals surface area contributed by atoms with Crippen molar-refractivity contribution in [3.05, 3.63) is 35.4 Å². The van der Waals surface area contributed by atoms with Gasteiger partial charge in [-0.25, -0.2) is 0 Å². The first-order chi connectivity index (χ1) is 16.2. The van der Waals surface area contributed by atoms with E-state index in [0.29, 0.717) is 5.56 Å². The molecular formula is C22H34O12. The molecule has 11 atom stereocenters. The van der Waals surface area contributed by atoms with Gasteiger partial charge in [0.1, 0.15) is 54.9 Å². The molecular weight excluding hydrogens is 456 g/mol. The quantitative estimate of drug-likeness (QED) is 0.174. The third kappa shape index (κ3) is 5.93. The number of rotatable bonds is 9. The van der Waals surface area contributed by atoms with Gasteiger partial charge in [-0.3, -0.25) is 0 Å². The molecule has 0 bridgehead atoms. The molecule has 2 heterocycles. The lowest BCUT2D eigenvalue weighted by atomic mass is 9.97. The summed E-state index contributed by atoms with van der Waals surface area (Å²) >= 11 is 0. The van der Waals surface area contributed by atoms with Crippen LogP contribution >= 0.6 is 0 Å². The summed E-state index contributed by atoms with van der Waals surface area (Å²) in [6.07, 6.45) is -15.6. The fourth-order valence-corrected chi connectivity index (χ4v) is 4.00. The number of aliphatic hydroxyl groups excluding tert-OH is 8. The molecule has 12 nitrogen and oxygen atoms in total. The lowest BCUT2D eigenvalue weighted by molar-refractivity contribution is -0.360. The van der Waals surface area contributed by atoms with Crippen molar-refractivity contribution in [2.24, 2.45) is 0 Å². The van der Waals surface area contributed by atoms with Crippen molar-refractivity contribution < 1.29 is 59.8 Å². The molecule has 0 spiro atoms. The van der Waals surface area contributed by atoms with Crippen molar-refractivity contribution in [2.45, 2.75) is 80.9 Å². The van der Waals surface area contributed by atoms with Crippen LogP contribution in [0.2, 0.25) is 0 Å². The van der Waals surface area contributed by atoms with Crippen LogP contribution in [-0.4, -0.2) is 122 Å². The Labute approximate surface area is 196 Å². The van der Waals surface area contributed by atoms with Crippen molar-refractivity contribution in [2.75, 3.05) is 19.8 Å². The fraction of sp³-hybridized carbons (Fsp3) is 0.727. The minimum absolute atomic E-state index is 0.266. The Morgan fingerprint density at radius 1 is 0.853 bits per heavy atom. The molecule has 0 aliphatic carbocycles. The topological polar surface area (TPSA) is 199 Å². The number of hydrogen-bond acceptors (Lipinski definition) is 12. The average Bonchev–Trinajstić information content (AvgIpc) is 2.86. The van der Waals surface area contributed by atoms with E-state index in [1.165, 1.54) is 0 Å². The van der Waals surface area contributed by atoms with Gasteiger partial charge in [-0.1, -0.05) is 31.2 Å². The van der Waals surface area contributed by atoms with Crippen LogP contribution in [0.5, 0.6) is 0 Å². The summed E-state index contributed by atoms with van der Waals surface area (Å²) in [6, 6.07) is 7.27. The zero-order valence-electron chi connectivity index (χ0n) is 18.7. The largest absolute Gasteiger partial charge is 0.394 e. The second-order valence-electron chi connectivity index (χ2n) is 8.45. The predicted octanol–water partition coefficient (Wildman–Crippen LogP) is -3.08. The summed E-state index contributed by atoms with van der Waals surface area (Å²) in [5, 5.41) is 80.6. The Morgan fingerprint density at radius 3 is 2.15 bits per heavy atom. The number of benzene rings is 1. The van der Waals surface area contributed by atoms with Gasteiger partial charge in [0.25, 0.3) is 0 Å². The van der Waals surface area contributed by atoms with E-state index in [9.17, 15) is 40.9 Å². The molecule has 0 saturated carbocycles. The summed E-state index contributed by atoms with van der Waals surface area (Å²) < 4.78 is 21.8. The van der Waals surface area contributed by atoms with Gasteiger partial charge in [-0.2, -0.15) is 0 Å². The van der Waals surface area contributed by atoms with Crippen molar-refractivity contribution in [3.63, 3.8) is 0 Å². The van der Waals surface area contributed by atoms with E-state index in [2.05, 4.69) is 0 Å². The Bertz CT molecular complexity index is 761. The molecule has 0 amide bonds. The molecule has 3 rings (SSSR count). The van der Waals surface area contributed by atoms with E-state index >= 15 is 0 Å². The van der Waals surface area contributed by atoms with E-state index in [0.717, 1.165) is 12.0 Å². The maximum atomic E-state index is 10.6. The van der Waals surface area contributed by atoms with Crippen molar-refractivity contribution in [1.82, 2.24) is 0 Å². The lowest BCUT2D eigenvalue weighted by Crippen LogP contribution is -2.64. The van der Waals surface area contributed by atoms with E-state index in [1.807, 2.05) is 19.1 Å². The lowest BCUT2D eigenvalue weighted by Gasteiger charge is -2.46. The summed E-state index contributed by atoms with van der Waals surface area (Å²) in [7, 11) is 0. The number of ether oxygens (including phenoxy) is 4. The summed E-state index contributed by atoms with van der Waals surface area (Å²) in [5.74, 6) is 0. The standard InChI is InChI=1S/C22H34O12/c1-2-10-4-3-5-11(6-10)12(25)9-31-21-19(30)17(28)20(14(8-24)33-21)34-22-18(29)16(27)15(26)13(7-23)32-22/h3-6,12-30H,2,7-9H2,1H3/t12-,13+,14-,15-,16-,17-,18+,19-,20?,21?,22-/m0/s1. The van der Waals surface area contributed by atoms with Gasteiger partial charge >= 0.3 is 0 Å². The molecule has 2 unspecified atom stereocenters. The van der Waals surface area contributed by atoms with Crippen LogP contribution < -0.4 is 0 Å². The zero-order chi connectivity index (χ0) is 25.0. The molecule has 12 heteroatoms. The van der Waals surface area contributed by atoms with E-state index < -0.39 is 80.7 Å². The van der Waals surface area contributed by atoms with Gasteiger partial charge in [-0.15, -0.1) is 0 Å². The van der Waals surface area contributed by atoms with Crippen LogP contribution in [-0.2, 0) is 25.4 Å². The normalized spacial score (nSPS) is 39.7. The molecule has 2 aliphatic heterocycles. The predicted molar refractivity (Wildman–Crippen MR) is 113 cm³/mol. The van der Waals surface area contributed by atoms with Crippen molar-refractivity contribution in [3.8, 4) is 0 Å². The van der Waals surface area contributed by atoms with E-state index in [4.69, 9.17) is 18.9 Å². The maximum Gasteiger partial charge on any atom is 0.187 e. The third-order valence-electron chi connectivity index (χ3n) is 6.12. The van der Waals surface area contributed by atoms with Gasteiger partial charge in [0, 0.05) is 0 Å². The molecule has 0 aromatic heterocycles. The first-order valence-electron chi connectivity index (χ1n) is 11.2. The molecule has 0 radical (unpaired) electrons. The molecule has 1 aromatic rings. The average molecular weight is 491 g/mol. The highest BCUT2D eigenvalue weighted by Gasteiger charge is 2.50. The van der Waals surface area contributed by atoms with Gasteiger partial charge < -0.3 is 59.8 Å². The minimum atomic E-state index is -1.75. The van der Waals surface area contributed by atoms with Crippen LogP contribution in [0.1, 0.15) is 24.2 Å². The highest BCUT2D eigenvalue weighted by Crippen LogP contribution is 2.30. The number of aliphatic hydroxyl groups is 8. The smallest absolute Gasteiger partial charge is 0.187 e. The Morgan fingerprint density at radius 2 is 1.50 bits per heavy atom. The molecule has 2 aliphatic rings. The molecule has 2 saturated heterocycles. The van der Waals surface area contributed by atoms with Crippen LogP contribution in [0.3, 0.4) is 0 Å². The van der Waals surface area contributed by atoms with Crippen LogP contribution in [0.25, 0.3) is 0 Å². The maximum absolute atomic E-state index is 10.6. The number of aryl methyl sites for hydroxylation is 1. The van der Waals surface area contributed by atoms with E-state index in [1.54, 1.807) is 12.1 Å². The van der Waals surface area contributed by atoms with Crippen molar-refractivity contribution in [1.29, 1.82) is 0 Å². The Balaban J connectivity index is 1.63. The molecule has 34 heavy (non-hydrogen) atoms. The molecule has 8 N–H and O–H groups in total. The number of hydrogen-bond donors (Lipinski definition) is 8. The summed E-state index contributed by atoms with van der Waals surface area (Å²) in [6.45, 7) is 0.359. The molecule has 2 fully saturated rings. The van der Waals surface area contributed by atoms with E-state index in [-0.39, 0.29) is 6.61 Å². The highest BCUT2D eigenvalue weighted by molar-refractivity contribution is 5.25. The first kappa shape index (κ1) is 27.3. The molecule has 194 valence electrons. The second kappa shape index (κ2) is 12.1. The minimum Gasteiger partial charge on any atom is -0.394 e.